The van der Waals surface area contributed by atoms with E-state index in [2.05, 4.69) is 49.4 Å². The molecule has 1 aromatic carbocycles. The molecule has 1 aliphatic rings. The van der Waals surface area contributed by atoms with Gasteiger partial charge in [0, 0.05) is 36.5 Å². The van der Waals surface area contributed by atoms with Crippen LogP contribution in [0.25, 0.3) is 16.9 Å². The van der Waals surface area contributed by atoms with Crippen LogP contribution in [0.15, 0.2) is 67.1 Å². The molecule has 1 fully saturated rings. The zero-order valence-electron chi connectivity index (χ0n) is 13.5. The molecule has 6 nitrogen and oxygen atoms in total. The van der Waals surface area contributed by atoms with Gasteiger partial charge in [0.1, 0.15) is 6.33 Å². The van der Waals surface area contributed by atoms with Crippen LogP contribution in [0.3, 0.4) is 0 Å². The summed E-state index contributed by atoms with van der Waals surface area (Å²) in [6, 6.07) is 18.4. The van der Waals surface area contributed by atoms with Crippen LogP contribution in [-0.4, -0.2) is 37.9 Å². The van der Waals surface area contributed by atoms with Crippen molar-refractivity contribution in [3.8, 4) is 11.3 Å². The Labute approximate surface area is 144 Å². The van der Waals surface area contributed by atoms with Gasteiger partial charge in [-0.15, -0.1) is 10.2 Å². The molecule has 0 bridgehead atoms. The molecule has 25 heavy (non-hydrogen) atoms. The molecule has 122 valence electrons. The number of hydrogen-bond acceptors (Lipinski definition) is 5. The van der Waals surface area contributed by atoms with Crippen LogP contribution < -0.4 is 4.90 Å². The van der Waals surface area contributed by atoms with Crippen molar-refractivity contribution < 1.29 is 0 Å². The third-order valence-electron chi connectivity index (χ3n) is 4.65. The summed E-state index contributed by atoms with van der Waals surface area (Å²) in [6.45, 7) is 1.86. The number of hydrogen-bond donors (Lipinski definition) is 0. The van der Waals surface area contributed by atoms with Gasteiger partial charge in [0.15, 0.2) is 0 Å². The summed E-state index contributed by atoms with van der Waals surface area (Å²) in [5.74, 6) is 0.456. The van der Waals surface area contributed by atoms with Crippen LogP contribution >= 0.6 is 0 Å². The van der Waals surface area contributed by atoms with E-state index in [1.165, 1.54) is 0 Å². The quantitative estimate of drug-likeness (QED) is 0.579. The maximum absolute atomic E-state index is 4.64. The predicted octanol–water partition coefficient (Wildman–Crippen LogP) is 2.79. The van der Waals surface area contributed by atoms with Gasteiger partial charge in [-0.05, 0) is 18.2 Å². The lowest BCUT2D eigenvalue weighted by Gasteiger charge is -2.40. The highest BCUT2D eigenvalue weighted by Crippen LogP contribution is 2.34. The van der Waals surface area contributed by atoms with Crippen molar-refractivity contribution in [2.75, 3.05) is 18.0 Å². The second kappa shape index (κ2) is 5.66. The topological polar surface area (TPSA) is 59.2 Å². The van der Waals surface area contributed by atoms with Gasteiger partial charge < -0.3 is 4.90 Å². The molecule has 3 aromatic heterocycles. The molecule has 0 amide bonds. The second-order valence-electron chi connectivity index (χ2n) is 6.24. The molecular formula is C19H16N6. The minimum atomic E-state index is 0.456. The van der Waals surface area contributed by atoms with Gasteiger partial charge in [0.25, 0.3) is 0 Å². The van der Waals surface area contributed by atoms with Crippen LogP contribution in [0.2, 0.25) is 0 Å². The summed E-state index contributed by atoms with van der Waals surface area (Å²) in [6.07, 6.45) is 3.51. The largest absolute Gasteiger partial charge is 0.367 e. The Morgan fingerprint density at radius 2 is 1.80 bits per heavy atom. The average molecular weight is 328 g/mol. The van der Waals surface area contributed by atoms with E-state index in [9.17, 15) is 0 Å². The molecule has 6 heteroatoms. The number of anilines is 1. The maximum atomic E-state index is 4.64. The summed E-state index contributed by atoms with van der Waals surface area (Å²) < 4.78 is 1.76. The average Bonchev–Trinajstić information content (AvgIpc) is 3.11. The number of rotatable bonds is 3. The van der Waals surface area contributed by atoms with E-state index in [-0.39, 0.29) is 0 Å². The van der Waals surface area contributed by atoms with Crippen LogP contribution in [0.4, 0.5) is 5.69 Å². The van der Waals surface area contributed by atoms with Crippen LogP contribution in [0, 0.1) is 0 Å². The molecule has 1 aliphatic heterocycles. The normalized spacial score (nSPS) is 14.6. The second-order valence-corrected chi connectivity index (χ2v) is 6.24. The number of pyridine rings is 1. The molecule has 0 radical (unpaired) electrons. The van der Waals surface area contributed by atoms with Crippen LogP contribution in [0.1, 0.15) is 11.6 Å². The predicted molar refractivity (Wildman–Crippen MR) is 95.4 cm³/mol. The van der Waals surface area contributed by atoms with Crippen LogP contribution in [-0.2, 0) is 0 Å². The number of nitrogens with zero attached hydrogens (tertiary/aromatic N) is 6. The number of aromatic nitrogens is 5. The summed E-state index contributed by atoms with van der Waals surface area (Å²) in [7, 11) is 0. The van der Waals surface area contributed by atoms with E-state index >= 15 is 0 Å². The Morgan fingerprint density at radius 1 is 0.960 bits per heavy atom. The van der Waals surface area contributed by atoms with Crippen molar-refractivity contribution in [3.63, 3.8) is 0 Å². The Bertz CT molecular complexity index is 1010. The molecule has 4 aromatic rings. The van der Waals surface area contributed by atoms with Crippen molar-refractivity contribution in [2.24, 2.45) is 0 Å². The van der Waals surface area contributed by atoms with Gasteiger partial charge in [-0.2, -0.15) is 9.61 Å². The molecule has 0 aliphatic carbocycles. The maximum Gasteiger partial charge on any atom is 0.200 e. The molecule has 0 unspecified atom stereocenters. The third kappa shape index (κ3) is 2.42. The third-order valence-corrected chi connectivity index (χ3v) is 4.65. The van der Waals surface area contributed by atoms with Crippen molar-refractivity contribution in [3.05, 3.63) is 72.8 Å². The van der Waals surface area contributed by atoms with Crippen molar-refractivity contribution in [1.82, 2.24) is 24.8 Å². The summed E-state index contributed by atoms with van der Waals surface area (Å²) in [4.78, 5) is 6.79. The summed E-state index contributed by atoms with van der Waals surface area (Å²) in [5, 5.41) is 12.9. The van der Waals surface area contributed by atoms with E-state index in [1.807, 2.05) is 36.5 Å². The van der Waals surface area contributed by atoms with E-state index < -0.39 is 0 Å². The zero-order chi connectivity index (χ0) is 16.6. The molecule has 5 rings (SSSR count). The smallest absolute Gasteiger partial charge is 0.200 e. The fraction of sp³-hybridized carbons (Fsp3) is 0.158. The highest BCUT2D eigenvalue weighted by atomic mass is 15.4. The van der Waals surface area contributed by atoms with Crippen LogP contribution in [0.5, 0.6) is 0 Å². The minimum absolute atomic E-state index is 0.456. The Balaban J connectivity index is 1.50. The van der Waals surface area contributed by atoms with Gasteiger partial charge in [-0.25, -0.2) is 0 Å². The summed E-state index contributed by atoms with van der Waals surface area (Å²) >= 11 is 0. The van der Waals surface area contributed by atoms with Crippen molar-refractivity contribution in [1.29, 1.82) is 0 Å². The van der Waals surface area contributed by atoms with E-state index in [1.54, 1.807) is 10.8 Å². The fourth-order valence-electron chi connectivity index (χ4n) is 3.27. The first-order valence-corrected chi connectivity index (χ1v) is 8.31. The summed E-state index contributed by atoms with van der Waals surface area (Å²) in [5.41, 5.74) is 5.01. The molecule has 0 saturated carbocycles. The van der Waals surface area contributed by atoms with Crippen molar-refractivity contribution >= 4 is 11.3 Å². The monoisotopic (exact) mass is 328 g/mol. The first-order valence-electron chi connectivity index (χ1n) is 8.31. The Kier molecular flexibility index (Phi) is 3.19. The van der Waals surface area contributed by atoms with E-state index in [0.717, 1.165) is 41.4 Å². The van der Waals surface area contributed by atoms with Gasteiger partial charge >= 0.3 is 0 Å². The molecule has 0 spiro atoms. The van der Waals surface area contributed by atoms with Gasteiger partial charge in [-0.1, -0.05) is 36.4 Å². The lowest BCUT2D eigenvalue weighted by Crippen LogP contribution is -2.45. The molecule has 4 heterocycles. The van der Waals surface area contributed by atoms with Gasteiger partial charge in [0.2, 0.25) is 5.65 Å². The fourth-order valence-corrected chi connectivity index (χ4v) is 3.27. The molecular weight excluding hydrogens is 312 g/mol. The van der Waals surface area contributed by atoms with Gasteiger partial charge in [0.05, 0.1) is 11.4 Å². The van der Waals surface area contributed by atoms with E-state index in [0.29, 0.717) is 5.92 Å². The molecule has 0 atom stereocenters. The SMILES string of the molecule is c1ccc(-c2cc(N3CC(c4ccccn4)C3)c3nncn3n2)cc1. The number of fused-ring (bicyclic) bond motifs is 1. The van der Waals surface area contributed by atoms with E-state index in [4.69, 9.17) is 0 Å². The Hall–Kier alpha value is -3.28. The zero-order valence-corrected chi connectivity index (χ0v) is 13.5. The minimum Gasteiger partial charge on any atom is -0.367 e. The van der Waals surface area contributed by atoms with Crippen molar-refractivity contribution in [2.45, 2.75) is 5.92 Å². The number of benzene rings is 1. The Morgan fingerprint density at radius 3 is 2.60 bits per heavy atom. The molecule has 0 N–H and O–H groups in total. The lowest BCUT2D eigenvalue weighted by atomic mass is 9.95. The first-order chi connectivity index (χ1) is 12.4. The highest BCUT2D eigenvalue weighted by molar-refractivity contribution is 5.75. The first kappa shape index (κ1) is 14.1. The van der Waals surface area contributed by atoms with Gasteiger partial charge in [-0.3, -0.25) is 4.98 Å². The highest BCUT2D eigenvalue weighted by Gasteiger charge is 2.31. The standard InChI is InChI=1S/C19H16N6/c1-2-6-14(7-3-1)17-10-18(19-22-21-13-25(19)23-17)24-11-15(12-24)16-8-4-5-9-20-16/h1-10,13,15H,11-12H2. The lowest BCUT2D eigenvalue weighted by molar-refractivity contribution is 0.514. The molecule has 1 saturated heterocycles.